The number of oxime groups is 1. The molecule has 3 nitrogen and oxygen atoms in total. The highest BCUT2D eigenvalue weighted by Crippen LogP contribution is 2.31. The first-order valence-corrected chi connectivity index (χ1v) is 7.75. The molecule has 0 aromatic heterocycles. The van der Waals surface area contributed by atoms with Crippen molar-refractivity contribution in [3.8, 4) is 5.75 Å². The zero-order valence-electron chi connectivity index (χ0n) is 12.5. The van der Waals surface area contributed by atoms with Crippen molar-refractivity contribution in [3.05, 3.63) is 29.8 Å². The minimum atomic E-state index is 0.298. The Kier molecular flexibility index (Phi) is 5.45. The predicted molar refractivity (Wildman–Crippen MR) is 81.7 cm³/mol. The van der Waals surface area contributed by atoms with Crippen LogP contribution < -0.4 is 4.74 Å². The lowest BCUT2D eigenvalue weighted by Crippen LogP contribution is -2.25. The van der Waals surface area contributed by atoms with Crippen LogP contribution in [-0.2, 0) is 0 Å². The van der Waals surface area contributed by atoms with E-state index in [1.165, 1.54) is 19.3 Å². The lowest BCUT2D eigenvalue weighted by atomic mass is 9.85. The number of hydrogen-bond donors (Lipinski definition) is 1. The first-order valence-electron chi connectivity index (χ1n) is 7.75. The van der Waals surface area contributed by atoms with Crippen LogP contribution in [0.4, 0.5) is 0 Å². The maximum Gasteiger partial charge on any atom is 0.128 e. The molecule has 2 atom stereocenters. The molecule has 0 spiro atoms. The van der Waals surface area contributed by atoms with Crippen molar-refractivity contribution >= 4 is 5.71 Å². The van der Waals surface area contributed by atoms with Crippen molar-refractivity contribution < 1.29 is 9.94 Å². The Hall–Kier alpha value is -1.51. The fourth-order valence-electron chi connectivity index (χ4n) is 3.02. The quantitative estimate of drug-likeness (QED) is 0.484. The van der Waals surface area contributed by atoms with E-state index in [-0.39, 0.29) is 0 Å². The smallest absolute Gasteiger partial charge is 0.128 e. The van der Waals surface area contributed by atoms with Crippen LogP contribution in [0.5, 0.6) is 5.75 Å². The molecular formula is C17H25NO2. The molecule has 0 aliphatic heterocycles. The van der Waals surface area contributed by atoms with Crippen LogP contribution in [-0.4, -0.2) is 17.0 Å². The highest BCUT2D eigenvalue weighted by atomic mass is 16.5. The van der Waals surface area contributed by atoms with E-state index in [4.69, 9.17) is 9.94 Å². The van der Waals surface area contributed by atoms with E-state index in [2.05, 4.69) is 12.1 Å². The minimum Gasteiger partial charge on any atom is -0.490 e. The van der Waals surface area contributed by atoms with Gasteiger partial charge in [0.05, 0.1) is 11.8 Å². The zero-order chi connectivity index (χ0) is 14.4. The summed E-state index contributed by atoms with van der Waals surface area (Å²) in [4.78, 5) is 0. The van der Waals surface area contributed by atoms with Gasteiger partial charge in [-0.15, -0.1) is 0 Å². The largest absolute Gasteiger partial charge is 0.490 e. The van der Waals surface area contributed by atoms with Gasteiger partial charge in [0, 0.05) is 5.56 Å². The van der Waals surface area contributed by atoms with Crippen molar-refractivity contribution in [2.45, 2.75) is 58.5 Å². The SMILES string of the molecule is CCC(=NO)c1ccccc1OC1CCCC(CC)C1. The molecule has 0 amide bonds. The molecule has 1 aliphatic rings. The van der Waals surface area contributed by atoms with Crippen molar-refractivity contribution in [3.63, 3.8) is 0 Å². The summed E-state index contributed by atoms with van der Waals surface area (Å²) in [6.45, 7) is 4.24. The molecule has 1 saturated carbocycles. The summed E-state index contributed by atoms with van der Waals surface area (Å²) in [6.07, 6.45) is 7.08. The van der Waals surface area contributed by atoms with E-state index in [1.54, 1.807) is 0 Å². The predicted octanol–water partition coefficient (Wildman–Crippen LogP) is 4.62. The Morgan fingerprint density at radius 2 is 2.10 bits per heavy atom. The van der Waals surface area contributed by atoms with Gasteiger partial charge in [0.15, 0.2) is 0 Å². The van der Waals surface area contributed by atoms with Gasteiger partial charge in [0.25, 0.3) is 0 Å². The second kappa shape index (κ2) is 7.32. The second-order valence-corrected chi connectivity index (χ2v) is 5.58. The molecule has 3 heteroatoms. The third-order valence-corrected chi connectivity index (χ3v) is 4.26. The Balaban J connectivity index is 2.13. The number of hydrogen-bond acceptors (Lipinski definition) is 3. The van der Waals surface area contributed by atoms with E-state index in [0.29, 0.717) is 18.2 Å². The van der Waals surface area contributed by atoms with Crippen molar-refractivity contribution in [2.24, 2.45) is 11.1 Å². The molecule has 2 unspecified atom stereocenters. The number of ether oxygens (including phenoxy) is 1. The van der Waals surface area contributed by atoms with E-state index in [0.717, 1.165) is 30.1 Å². The van der Waals surface area contributed by atoms with Crippen molar-refractivity contribution in [1.29, 1.82) is 0 Å². The van der Waals surface area contributed by atoms with Crippen LogP contribution in [0.2, 0.25) is 0 Å². The van der Waals surface area contributed by atoms with E-state index < -0.39 is 0 Å². The second-order valence-electron chi connectivity index (χ2n) is 5.58. The standard InChI is InChI=1S/C17H25NO2/c1-3-13-8-7-9-14(12-13)20-17-11-6-5-10-15(17)16(4-2)18-19/h5-6,10-11,13-14,19H,3-4,7-9,12H2,1-2H3. The molecule has 1 N–H and O–H groups in total. The first-order chi connectivity index (χ1) is 9.78. The summed E-state index contributed by atoms with van der Waals surface area (Å²) in [6, 6.07) is 7.88. The van der Waals surface area contributed by atoms with Crippen molar-refractivity contribution in [1.82, 2.24) is 0 Å². The first kappa shape index (κ1) is 14.9. The molecule has 0 radical (unpaired) electrons. The minimum absolute atomic E-state index is 0.298. The maximum atomic E-state index is 9.12. The number of para-hydroxylation sites is 1. The van der Waals surface area contributed by atoms with Gasteiger partial charge in [-0.2, -0.15) is 0 Å². The van der Waals surface area contributed by atoms with Gasteiger partial charge in [-0.05, 0) is 43.7 Å². The molecule has 110 valence electrons. The van der Waals surface area contributed by atoms with E-state index >= 15 is 0 Å². The number of nitrogens with zero attached hydrogens (tertiary/aromatic N) is 1. The van der Waals surface area contributed by atoms with Crippen LogP contribution in [0, 0.1) is 5.92 Å². The summed E-state index contributed by atoms with van der Waals surface area (Å²) in [5.74, 6) is 1.64. The molecule has 1 aliphatic carbocycles. The molecule has 20 heavy (non-hydrogen) atoms. The van der Waals surface area contributed by atoms with E-state index in [1.807, 2.05) is 31.2 Å². The summed E-state index contributed by atoms with van der Waals surface area (Å²) < 4.78 is 6.21. The van der Waals surface area contributed by atoms with Gasteiger partial charge in [-0.3, -0.25) is 0 Å². The topological polar surface area (TPSA) is 41.8 Å². The average Bonchev–Trinajstić information content (AvgIpc) is 2.50. The molecule has 0 saturated heterocycles. The van der Waals surface area contributed by atoms with Gasteiger partial charge in [0.2, 0.25) is 0 Å². The van der Waals surface area contributed by atoms with Gasteiger partial charge in [-0.25, -0.2) is 0 Å². The van der Waals surface area contributed by atoms with Gasteiger partial charge in [-0.1, -0.05) is 44.0 Å². The van der Waals surface area contributed by atoms with Gasteiger partial charge >= 0.3 is 0 Å². The monoisotopic (exact) mass is 275 g/mol. The Labute approximate surface area is 121 Å². The molecule has 0 heterocycles. The van der Waals surface area contributed by atoms with Crippen LogP contribution >= 0.6 is 0 Å². The fraction of sp³-hybridized carbons (Fsp3) is 0.588. The molecule has 0 bridgehead atoms. The zero-order valence-corrected chi connectivity index (χ0v) is 12.5. The van der Waals surface area contributed by atoms with Crippen molar-refractivity contribution in [2.75, 3.05) is 0 Å². The maximum absolute atomic E-state index is 9.12. The molecular weight excluding hydrogens is 250 g/mol. The summed E-state index contributed by atoms with van der Waals surface area (Å²) in [5, 5.41) is 12.5. The number of rotatable bonds is 5. The Bertz CT molecular complexity index is 456. The Morgan fingerprint density at radius 1 is 1.30 bits per heavy atom. The summed E-state index contributed by atoms with van der Waals surface area (Å²) >= 11 is 0. The Morgan fingerprint density at radius 3 is 2.80 bits per heavy atom. The van der Waals surface area contributed by atoms with Crippen LogP contribution in [0.15, 0.2) is 29.4 Å². The normalized spacial score (nSPS) is 23.6. The van der Waals surface area contributed by atoms with Crippen LogP contribution in [0.3, 0.4) is 0 Å². The summed E-state index contributed by atoms with van der Waals surface area (Å²) in [7, 11) is 0. The third kappa shape index (κ3) is 3.53. The highest BCUT2D eigenvalue weighted by Gasteiger charge is 2.23. The average molecular weight is 275 g/mol. The fourth-order valence-corrected chi connectivity index (χ4v) is 3.02. The van der Waals surface area contributed by atoms with Crippen LogP contribution in [0.1, 0.15) is 57.9 Å². The molecule has 1 aromatic rings. The molecule has 2 rings (SSSR count). The van der Waals surface area contributed by atoms with Gasteiger partial charge < -0.3 is 9.94 Å². The highest BCUT2D eigenvalue weighted by molar-refractivity contribution is 6.02. The summed E-state index contributed by atoms with van der Waals surface area (Å²) in [5.41, 5.74) is 1.60. The van der Waals surface area contributed by atoms with E-state index in [9.17, 15) is 0 Å². The lowest BCUT2D eigenvalue weighted by molar-refractivity contribution is 0.122. The third-order valence-electron chi connectivity index (χ3n) is 4.26. The molecule has 1 aromatic carbocycles. The van der Waals surface area contributed by atoms with Gasteiger partial charge in [0.1, 0.15) is 5.75 Å². The lowest BCUT2D eigenvalue weighted by Gasteiger charge is -2.29. The molecule has 1 fully saturated rings. The number of benzene rings is 1. The van der Waals surface area contributed by atoms with Crippen LogP contribution in [0.25, 0.3) is 0 Å².